The summed E-state index contributed by atoms with van der Waals surface area (Å²) in [6, 6.07) is 17.1. The summed E-state index contributed by atoms with van der Waals surface area (Å²) < 4.78 is 38.4. The minimum Gasteiger partial charge on any atom is -0.483 e. The molecule has 0 atom stereocenters. The number of Topliss-reactive ketones (excluding diaryl/α,β-unsaturated/α-hetero) is 1. The smallest absolute Gasteiger partial charge is 0.351 e. The Bertz CT molecular complexity index is 1400. The van der Waals surface area contributed by atoms with E-state index in [-0.39, 0.29) is 34.8 Å². The van der Waals surface area contributed by atoms with E-state index in [4.69, 9.17) is 9.47 Å². The monoisotopic (exact) mass is 620 g/mol. The van der Waals surface area contributed by atoms with Crippen LogP contribution in [0.25, 0.3) is 10.4 Å². The van der Waals surface area contributed by atoms with Crippen molar-refractivity contribution in [3.05, 3.63) is 69.5 Å². The molecular formula is C27H29BrN2O6S2. The van der Waals surface area contributed by atoms with Crippen molar-refractivity contribution < 1.29 is 27.5 Å². The van der Waals surface area contributed by atoms with Crippen LogP contribution >= 0.6 is 27.3 Å². The number of ether oxygens (including phenoxy) is 2. The summed E-state index contributed by atoms with van der Waals surface area (Å²) >= 11 is 4.76. The lowest BCUT2D eigenvalue weighted by molar-refractivity contribution is -0.118. The molecule has 8 nitrogen and oxygen atoms in total. The Morgan fingerprint density at radius 3 is 2.47 bits per heavy atom. The normalized spacial score (nSPS) is 14.7. The zero-order chi connectivity index (χ0) is 27.3. The molecule has 1 aliphatic heterocycles. The van der Waals surface area contributed by atoms with Crippen LogP contribution in [0.4, 0.5) is 5.69 Å². The van der Waals surface area contributed by atoms with Crippen LogP contribution in [0.1, 0.15) is 35.0 Å². The molecule has 38 heavy (non-hydrogen) atoms. The number of anilines is 1. The Balaban J connectivity index is 1.44. The number of halogens is 1. The maximum Gasteiger partial charge on any atom is 0.351 e. The summed E-state index contributed by atoms with van der Waals surface area (Å²) in [5, 5.41) is 3.53. The minimum absolute atomic E-state index is 0.00928. The van der Waals surface area contributed by atoms with Crippen LogP contribution in [0.3, 0.4) is 0 Å². The lowest BCUT2D eigenvalue weighted by atomic mass is 10.1. The Labute approximate surface area is 235 Å². The lowest BCUT2D eigenvalue weighted by Crippen LogP contribution is -2.42. The zero-order valence-electron chi connectivity index (χ0n) is 21.1. The highest BCUT2D eigenvalue weighted by molar-refractivity contribution is 9.10. The first-order valence-corrected chi connectivity index (χ1v) is 15.3. The fraction of sp³-hybridized carbons (Fsp3) is 0.333. The van der Waals surface area contributed by atoms with Crippen molar-refractivity contribution in [1.29, 1.82) is 0 Å². The van der Waals surface area contributed by atoms with Crippen molar-refractivity contribution in [1.82, 2.24) is 4.31 Å². The van der Waals surface area contributed by atoms with Crippen LogP contribution < -0.4 is 10.1 Å². The van der Waals surface area contributed by atoms with Gasteiger partial charge in [0.2, 0.25) is 10.0 Å². The van der Waals surface area contributed by atoms with Crippen LogP contribution in [0.5, 0.6) is 5.75 Å². The molecule has 2 heterocycles. The highest BCUT2D eigenvalue weighted by Gasteiger charge is 2.29. The Hall–Kier alpha value is -2.73. The largest absolute Gasteiger partial charge is 0.483 e. The average Bonchev–Trinajstić information content (AvgIpc) is 3.23. The number of esters is 1. The number of carbonyl (C=O) groups is 2. The van der Waals surface area contributed by atoms with Crippen LogP contribution in [-0.4, -0.2) is 57.3 Å². The fourth-order valence-corrected chi connectivity index (χ4v) is 7.78. The molecule has 0 aliphatic carbocycles. The van der Waals surface area contributed by atoms with Crippen molar-refractivity contribution >= 4 is 54.7 Å². The van der Waals surface area contributed by atoms with E-state index in [0.29, 0.717) is 30.4 Å². The molecule has 1 aromatic heterocycles. The molecule has 1 saturated heterocycles. The quantitative estimate of drug-likeness (QED) is 0.305. The molecule has 11 heteroatoms. The van der Waals surface area contributed by atoms with E-state index in [1.54, 1.807) is 4.31 Å². The lowest BCUT2D eigenvalue weighted by Gasteiger charge is -2.32. The Kier molecular flexibility index (Phi) is 9.24. The van der Waals surface area contributed by atoms with Crippen LogP contribution in [0.2, 0.25) is 0 Å². The standard InChI is InChI=1S/C27H29BrN2O6S2/c1-18(31)16-36-24-23(28)25(37-26(24)27(32)35-2)20-9-6-10-22(15-20)29-21-11-13-30(14-12-21)38(33,34)17-19-7-4-3-5-8-19/h3-10,15,21,29H,11-14,16-17H2,1-2H3. The average molecular weight is 622 g/mol. The van der Waals surface area contributed by atoms with E-state index >= 15 is 0 Å². The van der Waals surface area contributed by atoms with Crippen molar-refractivity contribution in [2.24, 2.45) is 0 Å². The minimum atomic E-state index is -3.37. The number of nitrogens with one attached hydrogen (secondary N) is 1. The molecule has 1 aliphatic rings. The van der Waals surface area contributed by atoms with Gasteiger partial charge in [-0.15, -0.1) is 11.3 Å². The van der Waals surface area contributed by atoms with Gasteiger partial charge in [0.15, 0.2) is 16.4 Å². The molecular weight excluding hydrogens is 592 g/mol. The molecule has 1 N–H and O–H groups in total. The summed E-state index contributed by atoms with van der Waals surface area (Å²) in [7, 11) is -2.07. The Morgan fingerprint density at radius 2 is 1.82 bits per heavy atom. The Morgan fingerprint density at radius 1 is 1.11 bits per heavy atom. The molecule has 202 valence electrons. The van der Waals surface area contributed by atoms with Gasteiger partial charge in [-0.2, -0.15) is 0 Å². The van der Waals surface area contributed by atoms with E-state index < -0.39 is 16.0 Å². The second-order valence-corrected chi connectivity index (χ2v) is 12.8. The van der Waals surface area contributed by atoms with Gasteiger partial charge in [0.1, 0.15) is 6.61 Å². The van der Waals surface area contributed by atoms with Gasteiger partial charge in [-0.05, 0) is 59.0 Å². The summed E-state index contributed by atoms with van der Waals surface area (Å²) in [6.45, 7) is 2.18. The first kappa shape index (κ1) is 28.3. The number of hydrogen-bond donors (Lipinski definition) is 1. The topological polar surface area (TPSA) is 102 Å². The van der Waals surface area contributed by atoms with E-state index in [1.807, 2.05) is 54.6 Å². The summed E-state index contributed by atoms with van der Waals surface area (Å²) in [5.41, 5.74) is 2.53. The van der Waals surface area contributed by atoms with E-state index in [1.165, 1.54) is 25.4 Å². The molecule has 1 fully saturated rings. The number of ketones is 1. The number of thiophene rings is 1. The van der Waals surface area contributed by atoms with E-state index in [9.17, 15) is 18.0 Å². The third-order valence-corrected chi connectivity index (χ3v) is 10.2. The number of nitrogens with zero attached hydrogens (tertiary/aromatic N) is 1. The van der Waals surface area contributed by atoms with Gasteiger partial charge in [0.05, 0.1) is 22.2 Å². The fourth-order valence-electron chi connectivity index (χ4n) is 4.25. The first-order chi connectivity index (χ1) is 18.2. The van der Waals surface area contributed by atoms with Gasteiger partial charge in [-0.3, -0.25) is 4.79 Å². The van der Waals surface area contributed by atoms with Gasteiger partial charge in [-0.1, -0.05) is 42.5 Å². The molecule has 0 unspecified atom stereocenters. The van der Waals surface area contributed by atoms with Gasteiger partial charge < -0.3 is 14.8 Å². The van der Waals surface area contributed by atoms with Crippen molar-refractivity contribution in [2.75, 3.05) is 32.1 Å². The number of benzene rings is 2. The summed E-state index contributed by atoms with van der Waals surface area (Å²) in [5.74, 6) is -0.404. The number of piperidine rings is 1. The van der Waals surface area contributed by atoms with Crippen LogP contribution in [-0.2, 0) is 25.3 Å². The molecule has 0 bridgehead atoms. The predicted molar refractivity (Wildman–Crippen MR) is 152 cm³/mol. The van der Waals surface area contributed by atoms with E-state index in [0.717, 1.165) is 21.7 Å². The van der Waals surface area contributed by atoms with Crippen molar-refractivity contribution in [2.45, 2.75) is 31.6 Å². The maximum absolute atomic E-state index is 12.9. The predicted octanol–water partition coefficient (Wildman–Crippen LogP) is 5.34. The van der Waals surface area contributed by atoms with Crippen LogP contribution in [0, 0.1) is 0 Å². The van der Waals surface area contributed by atoms with Gasteiger partial charge >= 0.3 is 5.97 Å². The van der Waals surface area contributed by atoms with Crippen molar-refractivity contribution in [3.63, 3.8) is 0 Å². The SMILES string of the molecule is COC(=O)c1sc(-c2cccc(NC3CCN(S(=O)(=O)Cc4ccccc4)CC3)c2)c(Br)c1OCC(C)=O. The molecule has 3 aromatic rings. The maximum atomic E-state index is 12.9. The first-order valence-electron chi connectivity index (χ1n) is 12.1. The third kappa shape index (κ3) is 6.82. The second kappa shape index (κ2) is 12.4. The zero-order valence-corrected chi connectivity index (χ0v) is 24.3. The van der Waals surface area contributed by atoms with Crippen molar-refractivity contribution in [3.8, 4) is 16.2 Å². The van der Waals surface area contributed by atoms with Crippen LogP contribution in [0.15, 0.2) is 59.1 Å². The molecule has 0 saturated carbocycles. The number of hydrogen-bond acceptors (Lipinski definition) is 8. The second-order valence-electron chi connectivity index (χ2n) is 9.03. The number of methoxy groups -OCH3 is 1. The molecule has 2 aromatic carbocycles. The molecule has 0 radical (unpaired) electrons. The third-order valence-electron chi connectivity index (χ3n) is 6.13. The number of rotatable bonds is 10. The number of carbonyl (C=O) groups excluding carboxylic acids is 2. The molecule has 0 spiro atoms. The van der Waals surface area contributed by atoms with Gasteiger partial charge in [0, 0.05) is 24.8 Å². The highest BCUT2D eigenvalue weighted by atomic mass is 79.9. The van der Waals surface area contributed by atoms with E-state index in [2.05, 4.69) is 21.2 Å². The molecule has 4 rings (SSSR count). The highest BCUT2D eigenvalue weighted by Crippen LogP contribution is 2.46. The summed E-state index contributed by atoms with van der Waals surface area (Å²) in [4.78, 5) is 24.8. The number of sulfonamides is 1. The summed E-state index contributed by atoms with van der Waals surface area (Å²) in [6.07, 6.45) is 1.38. The van der Waals surface area contributed by atoms with Gasteiger partial charge in [-0.25, -0.2) is 17.5 Å². The molecule has 0 amide bonds. The van der Waals surface area contributed by atoms with Gasteiger partial charge in [0.25, 0.3) is 0 Å².